The predicted molar refractivity (Wildman–Crippen MR) is 61.6 cm³/mol. The fraction of sp³-hybridized carbons (Fsp3) is 0.500. The average Bonchev–Trinajstić information content (AvgIpc) is 2.49. The zero-order valence-corrected chi connectivity index (χ0v) is 9.66. The quantitative estimate of drug-likeness (QED) is 0.703. The Kier molecular flexibility index (Phi) is 6.31. The molecule has 2 heterocycles. The summed E-state index contributed by atoms with van der Waals surface area (Å²) in [4.78, 5) is 11.3. The average molecular weight is 253 g/mol. The van der Waals surface area contributed by atoms with Gasteiger partial charge in [0.25, 0.3) is 0 Å². The Labute approximate surface area is 100 Å². The first-order valence-corrected chi connectivity index (χ1v) is 4.33. The zero-order valence-electron chi connectivity index (χ0n) is 8.03. The molecule has 0 saturated carbocycles. The smallest absolute Gasteiger partial charge is 0.226 e. The molecule has 0 aromatic carbocycles. The molecular weight excluding hydrogens is 239 g/mol. The van der Waals surface area contributed by atoms with Gasteiger partial charge in [0.15, 0.2) is 0 Å². The minimum atomic E-state index is 0. The number of carbonyl (C=O) groups excluding carboxylic acids is 1. The van der Waals surface area contributed by atoms with Crippen molar-refractivity contribution in [3.63, 3.8) is 0 Å². The van der Waals surface area contributed by atoms with Crippen LogP contribution in [0.2, 0.25) is 0 Å². The van der Waals surface area contributed by atoms with E-state index in [-0.39, 0.29) is 30.7 Å². The van der Waals surface area contributed by atoms with Gasteiger partial charge < -0.3 is 10.6 Å². The van der Waals surface area contributed by atoms with Crippen LogP contribution in [0.3, 0.4) is 0 Å². The number of carbonyl (C=O) groups is 1. The Balaban J connectivity index is 0.000000980. The maximum Gasteiger partial charge on any atom is 0.226 e. The highest BCUT2D eigenvalue weighted by Gasteiger charge is 2.18. The van der Waals surface area contributed by atoms with Crippen molar-refractivity contribution >= 4 is 30.7 Å². The van der Waals surface area contributed by atoms with Gasteiger partial charge in [-0.15, -0.1) is 24.8 Å². The normalized spacial score (nSPS) is 14.4. The number of nitrogens with zero attached hydrogens (tertiary/aromatic N) is 1. The molecule has 15 heavy (non-hydrogen) atoms. The largest absolute Gasteiger partial charge is 0.350 e. The monoisotopic (exact) mass is 252 g/mol. The summed E-state index contributed by atoms with van der Waals surface area (Å²) in [6.45, 7) is 1.77. The summed E-state index contributed by atoms with van der Waals surface area (Å²) in [7, 11) is 0. The Morgan fingerprint density at radius 1 is 1.53 bits per heavy atom. The molecule has 2 rings (SSSR count). The number of halogens is 2. The molecule has 0 radical (unpaired) electrons. The lowest BCUT2D eigenvalue weighted by Crippen LogP contribution is -2.57. The number of hydrogen-bond acceptors (Lipinski definition) is 3. The second kappa shape index (κ2) is 6.66. The molecule has 0 bridgehead atoms. The highest BCUT2D eigenvalue weighted by molar-refractivity contribution is 5.85. The third-order valence-electron chi connectivity index (χ3n) is 2.06. The molecule has 1 saturated heterocycles. The van der Waals surface area contributed by atoms with Gasteiger partial charge >= 0.3 is 0 Å². The summed E-state index contributed by atoms with van der Waals surface area (Å²) in [6, 6.07) is 2.12. The zero-order chi connectivity index (χ0) is 9.10. The lowest BCUT2D eigenvalue weighted by Gasteiger charge is -2.27. The van der Waals surface area contributed by atoms with Gasteiger partial charge in [-0.1, -0.05) is 0 Å². The van der Waals surface area contributed by atoms with Crippen LogP contribution in [0.25, 0.3) is 0 Å². The van der Waals surface area contributed by atoms with E-state index in [2.05, 4.69) is 20.8 Å². The molecule has 5 nitrogen and oxygen atoms in total. The summed E-state index contributed by atoms with van der Waals surface area (Å²) < 4.78 is 0. The Morgan fingerprint density at radius 3 is 2.73 bits per heavy atom. The van der Waals surface area contributed by atoms with Gasteiger partial charge in [-0.05, 0) is 6.07 Å². The number of rotatable bonds is 3. The van der Waals surface area contributed by atoms with Crippen LogP contribution in [0.5, 0.6) is 0 Å². The second-order valence-corrected chi connectivity index (χ2v) is 3.18. The predicted octanol–water partition coefficient (Wildman–Crippen LogP) is -0.116. The van der Waals surface area contributed by atoms with E-state index in [0.29, 0.717) is 12.5 Å². The Bertz CT molecular complexity index is 287. The van der Waals surface area contributed by atoms with Crippen molar-refractivity contribution in [1.82, 2.24) is 20.8 Å². The molecule has 1 aliphatic heterocycles. The Morgan fingerprint density at radius 2 is 2.27 bits per heavy atom. The number of amides is 1. The number of aromatic amines is 1. The molecule has 1 aromatic rings. The van der Waals surface area contributed by atoms with Crippen LogP contribution < -0.4 is 10.6 Å². The van der Waals surface area contributed by atoms with Crippen molar-refractivity contribution < 1.29 is 4.79 Å². The lowest BCUT2D eigenvalue weighted by atomic mass is 10.1. The fourth-order valence-electron chi connectivity index (χ4n) is 1.23. The van der Waals surface area contributed by atoms with E-state index in [9.17, 15) is 4.79 Å². The van der Waals surface area contributed by atoms with Crippen LogP contribution in [0, 0.1) is 0 Å². The van der Waals surface area contributed by atoms with Gasteiger partial charge in [-0.3, -0.25) is 9.89 Å². The van der Waals surface area contributed by atoms with Gasteiger partial charge in [0.1, 0.15) is 0 Å². The number of aromatic nitrogens is 2. The molecule has 0 spiro atoms. The summed E-state index contributed by atoms with van der Waals surface area (Å²) in [5.74, 6) is 0.0516. The SMILES string of the molecule is Cl.Cl.O=C(Cc1ccn[nH]1)NC1CNC1. The highest BCUT2D eigenvalue weighted by atomic mass is 35.5. The third kappa shape index (κ3) is 4.07. The van der Waals surface area contributed by atoms with Crippen molar-refractivity contribution in [2.45, 2.75) is 12.5 Å². The van der Waals surface area contributed by atoms with Gasteiger partial charge in [-0.2, -0.15) is 5.10 Å². The van der Waals surface area contributed by atoms with Crippen LogP contribution in [0.4, 0.5) is 0 Å². The van der Waals surface area contributed by atoms with Crippen molar-refractivity contribution in [2.75, 3.05) is 13.1 Å². The first-order chi connectivity index (χ1) is 6.34. The van der Waals surface area contributed by atoms with E-state index in [0.717, 1.165) is 18.8 Å². The molecule has 86 valence electrons. The van der Waals surface area contributed by atoms with E-state index < -0.39 is 0 Å². The maximum atomic E-state index is 11.3. The molecule has 3 N–H and O–H groups in total. The topological polar surface area (TPSA) is 69.8 Å². The standard InChI is InChI=1S/C8H12N4O.2ClH/c13-8(11-7-4-9-5-7)3-6-1-2-10-12-6;;/h1-2,7,9H,3-5H2,(H,10,12)(H,11,13);2*1H. The van der Waals surface area contributed by atoms with Crippen molar-refractivity contribution in [2.24, 2.45) is 0 Å². The van der Waals surface area contributed by atoms with E-state index in [1.807, 2.05) is 0 Å². The first kappa shape index (κ1) is 14.2. The van der Waals surface area contributed by atoms with Crippen molar-refractivity contribution in [3.8, 4) is 0 Å². The summed E-state index contributed by atoms with van der Waals surface area (Å²) >= 11 is 0. The van der Waals surface area contributed by atoms with Crippen LogP contribution in [-0.2, 0) is 11.2 Å². The summed E-state index contributed by atoms with van der Waals surface area (Å²) in [6.07, 6.45) is 2.03. The van der Waals surface area contributed by atoms with Crippen LogP contribution in [0.15, 0.2) is 12.3 Å². The lowest BCUT2D eigenvalue weighted by molar-refractivity contribution is -0.121. The van der Waals surface area contributed by atoms with E-state index >= 15 is 0 Å². The minimum Gasteiger partial charge on any atom is -0.350 e. The van der Waals surface area contributed by atoms with Crippen LogP contribution in [0.1, 0.15) is 5.69 Å². The molecule has 7 heteroatoms. The van der Waals surface area contributed by atoms with Crippen LogP contribution in [-0.4, -0.2) is 35.2 Å². The molecule has 1 aliphatic rings. The molecule has 0 atom stereocenters. The summed E-state index contributed by atoms with van der Waals surface area (Å²) in [5, 5.41) is 12.5. The molecule has 0 unspecified atom stereocenters. The molecule has 0 aliphatic carbocycles. The first-order valence-electron chi connectivity index (χ1n) is 4.33. The fourth-order valence-corrected chi connectivity index (χ4v) is 1.23. The molecule has 1 fully saturated rings. The number of hydrogen-bond donors (Lipinski definition) is 3. The van der Waals surface area contributed by atoms with Gasteiger partial charge in [0.05, 0.1) is 12.5 Å². The summed E-state index contributed by atoms with van der Waals surface area (Å²) in [5.41, 5.74) is 0.852. The van der Waals surface area contributed by atoms with Gasteiger partial charge in [0.2, 0.25) is 5.91 Å². The van der Waals surface area contributed by atoms with Gasteiger partial charge in [-0.25, -0.2) is 0 Å². The highest BCUT2D eigenvalue weighted by Crippen LogP contribution is 1.95. The maximum absolute atomic E-state index is 11.3. The Hall–Kier alpha value is -0.780. The molecular formula is C8H14Cl2N4O. The van der Waals surface area contributed by atoms with Crippen molar-refractivity contribution in [1.29, 1.82) is 0 Å². The van der Waals surface area contributed by atoms with E-state index in [1.54, 1.807) is 12.3 Å². The van der Waals surface area contributed by atoms with Gasteiger partial charge in [0, 0.05) is 25.0 Å². The van der Waals surface area contributed by atoms with Crippen LogP contribution >= 0.6 is 24.8 Å². The molecule has 1 aromatic heterocycles. The third-order valence-corrected chi connectivity index (χ3v) is 2.06. The molecule has 1 amide bonds. The second-order valence-electron chi connectivity index (χ2n) is 3.18. The van der Waals surface area contributed by atoms with E-state index in [1.165, 1.54) is 0 Å². The van der Waals surface area contributed by atoms with Crippen molar-refractivity contribution in [3.05, 3.63) is 18.0 Å². The minimum absolute atomic E-state index is 0. The number of H-pyrrole nitrogens is 1. The number of nitrogens with one attached hydrogen (secondary N) is 3. The van der Waals surface area contributed by atoms with E-state index in [4.69, 9.17) is 0 Å².